The van der Waals surface area contributed by atoms with Crippen LogP contribution >= 0.6 is 11.3 Å². The van der Waals surface area contributed by atoms with E-state index < -0.39 is 0 Å². The maximum Gasteiger partial charge on any atom is 0.0644 e. The highest BCUT2D eigenvalue weighted by atomic mass is 32.1. The maximum absolute atomic E-state index is 4.46. The number of hydrogen-bond donors (Lipinski definition) is 1. The Balaban J connectivity index is 2.07. The van der Waals surface area contributed by atoms with E-state index in [1.54, 1.807) is 11.3 Å². The van der Waals surface area contributed by atoms with Crippen LogP contribution in [0.5, 0.6) is 0 Å². The summed E-state index contributed by atoms with van der Waals surface area (Å²) >= 11 is 1.74. The highest BCUT2D eigenvalue weighted by Gasteiger charge is 2.15. The minimum atomic E-state index is 0.337. The number of aromatic nitrogens is 2. The van der Waals surface area contributed by atoms with Crippen LogP contribution < -0.4 is 5.32 Å². The van der Waals surface area contributed by atoms with E-state index in [1.807, 2.05) is 11.7 Å². The Labute approximate surface area is 106 Å². The van der Waals surface area contributed by atoms with Gasteiger partial charge < -0.3 is 5.32 Å². The van der Waals surface area contributed by atoms with Crippen molar-refractivity contribution in [3.63, 3.8) is 0 Å². The maximum atomic E-state index is 4.46. The number of rotatable bonds is 4. The van der Waals surface area contributed by atoms with Crippen molar-refractivity contribution in [3.8, 4) is 0 Å². The Hall–Kier alpha value is -1.13. The third-order valence-electron chi connectivity index (χ3n) is 3.19. The second kappa shape index (κ2) is 5.02. The standard InChI is InChI=1S/C13H19N3S/c1-9(14-7-12-5-6-17-8-12)13-10(2)15-16(4)11(13)3/h5-6,8-9,14H,7H2,1-4H3/t9-/m0/s1. The second-order valence-corrected chi connectivity index (χ2v) is 5.22. The normalized spacial score (nSPS) is 12.9. The number of nitrogens with zero attached hydrogens (tertiary/aromatic N) is 2. The number of hydrogen-bond acceptors (Lipinski definition) is 3. The summed E-state index contributed by atoms with van der Waals surface area (Å²) in [5.74, 6) is 0. The predicted octanol–water partition coefficient (Wildman–Crippen LogP) is 2.95. The quantitative estimate of drug-likeness (QED) is 0.903. The average Bonchev–Trinajstić information content (AvgIpc) is 2.86. The minimum absolute atomic E-state index is 0.337. The molecule has 0 unspecified atom stereocenters. The molecular formula is C13H19N3S. The molecule has 92 valence electrons. The lowest BCUT2D eigenvalue weighted by Gasteiger charge is -2.14. The van der Waals surface area contributed by atoms with Crippen molar-refractivity contribution >= 4 is 11.3 Å². The van der Waals surface area contributed by atoms with Gasteiger partial charge in [-0.05, 0) is 43.2 Å². The lowest BCUT2D eigenvalue weighted by Crippen LogP contribution is -2.19. The monoisotopic (exact) mass is 249 g/mol. The van der Waals surface area contributed by atoms with Crippen molar-refractivity contribution in [3.05, 3.63) is 39.3 Å². The first-order valence-corrected chi connectivity index (χ1v) is 6.78. The van der Waals surface area contributed by atoms with Gasteiger partial charge in [-0.25, -0.2) is 0 Å². The molecule has 1 atom stereocenters. The number of nitrogens with one attached hydrogen (secondary N) is 1. The molecule has 0 aromatic carbocycles. The van der Waals surface area contributed by atoms with E-state index in [-0.39, 0.29) is 0 Å². The Kier molecular flexibility index (Phi) is 3.64. The van der Waals surface area contributed by atoms with Crippen LogP contribution in [0.3, 0.4) is 0 Å². The smallest absolute Gasteiger partial charge is 0.0644 e. The van der Waals surface area contributed by atoms with Crippen LogP contribution in [-0.2, 0) is 13.6 Å². The fourth-order valence-corrected chi connectivity index (χ4v) is 2.85. The van der Waals surface area contributed by atoms with Gasteiger partial charge in [0, 0.05) is 30.9 Å². The zero-order valence-corrected chi connectivity index (χ0v) is 11.6. The highest BCUT2D eigenvalue weighted by molar-refractivity contribution is 7.07. The zero-order chi connectivity index (χ0) is 12.4. The molecule has 4 heteroatoms. The summed E-state index contributed by atoms with van der Waals surface area (Å²) in [6.45, 7) is 7.31. The molecule has 17 heavy (non-hydrogen) atoms. The van der Waals surface area contributed by atoms with Crippen LogP contribution in [0, 0.1) is 13.8 Å². The van der Waals surface area contributed by atoms with Gasteiger partial charge >= 0.3 is 0 Å². The third-order valence-corrected chi connectivity index (χ3v) is 3.92. The van der Waals surface area contributed by atoms with Gasteiger partial charge in [-0.2, -0.15) is 16.4 Å². The van der Waals surface area contributed by atoms with Crippen molar-refractivity contribution in [1.82, 2.24) is 15.1 Å². The summed E-state index contributed by atoms with van der Waals surface area (Å²) in [6, 6.07) is 2.50. The summed E-state index contributed by atoms with van der Waals surface area (Å²) < 4.78 is 1.95. The van der Waals surface area contributed by atoms with Gasteiger partial charge in [0.2, 0.25) is 0 Å². The number of aryl methyl sites for hydroxylation is 2. The molecule has 1 N–H and O–H groups in total. The summed E-state index contributed by atoms with van der Waals surface area (Å²) in [7, 11) is 2.00. The Morgan fingerprint density at radius 1 is 1.47 bits per heavy atom. The fraction of sp³-hybridized carbons (Fsp3) is 0.462. The van der Waals surface area contributed by atoms with E-state index in [0.717, 1.165) is 12.2 Å². The fourth-order valence-electron chi connectivity index (χ4n) is 2.18. The van der Waals surface area contributed by atoms with Crippen LogP contribution in [0.2, 0.25) is 0 Å². The van der Waals surface area contributed by atoms with E-state index in [4.69, 9.17) is 0 Å². The van der Waals surface area contributed by atoms with Crippen LogP contribution in [0.25, 0.3) is 0 Å². The SMILES string of the molecule is Cc1nn(C)c(C)c1[C@H](C)NCc1ccsc1. The molecule has 3 nitrogen and oxygen atoms in total. The number of thiophene rings is 1. The van der Waals surface area contributed by atoms with Crippen molar-refractivity contribution in [2.24, 2.45) is 7.05 Å². The molecule has 0 aliphatic rings. The van der Waals surface area contributed by atoms with Crippen LogP contribution in [0.1, 0.15) is 35.5 Å². The Morgan fingerprint density at radius 3 is 2.76 bits per heavy atom. The average molecular weight is 249 g/mol. The molecule has 0 saturated heterocycles. The largest absolute Gasteiger partial charge is 0.306 e. The van der Waals surface area contributed by atoms with Crippen molar-refractivity contribution in [2.75, 3.05) is 0 Å². The molecule has 2 aromatic heterocycles. The predicted molar refractivity (Wildman–Crippen MR) is 72.3 cm³/mol. The highest BCUT2D eigenvalue weighted by Crippen LogP contribution is 2.21. The first-order chi connectivity index (χ1) is 8.09. The van der Waals surface area contributed by atoms with Crippen LogP contribution in [0.4, 0.5) is 0 Å². The van der Waals surface area contributed by atoms with Crippen LogP contribution in [0.15, 0.2) is 16.8 Å². The second-order valence-electron chi connectivity index (χ2n) is 4.44. The van der Waals surface area contributed by atoms with Gasteiger partial charge in [-0.1, -0.05) is 0 Å². The third kappa shape index (κ3) is 2.58. The first kappa shape index (κ1) is 12.3. The van der Waals surface area contributed by atoms with E-state index in [2.05, 4.69) is 48.0 Å². The van der Waals surface area contributed by atoms with Gasteiger partial charge in [0.05, 0.1) is 5.69 Å². The molecule has 0 amide bonds. The van der Waals surface area contributed by atoms with Gasteiger partial charge in [-0.3, -0.25) is 4.68 Å². The van der Waals surface area contributed by atoms with E-state index in [9.17, 15) is 0 Å². The molecule has 0 saturated carbocycles. The molecule has 0 radical (unpaired) electrons. The first-order valence-electron chi connectivity index (χ1n) is 5.84. The van der Waals surface area contributed by atoms with E-state index in [0.29, 0.717) is 6.04 Å². The summed E-state index contributed by atoms with van der Waals surface area (Å²) in [6.07, 6.45) is 0. The lowest BCUT2D eigenvalue weighted by molar-refractivity contribution is 0.569. The van der Waals surface area contributed by atoms with Crippen LogP contribution in [-0.4, -0.2) is 9.78 Å². The molecule has 0 bridgehead atoms. The molecule has 0 aliphatic carbocycles. The van der Waals surface area contributed by atoms with Gasteiger partial charge in [0.1, 0.15) is 0 Å². The Bertz CT molecular complexity index is 485. The summed E-state index contributed by atoms with van der Waals surface area (Å²) in [5.41, 5.74) is 5.03. The van der Waals surface area contributed by atoms with E-state index >= 15 is 0 Å². The summed E-state index contributed by atoms with van der Waals surface area (Å²) in [5, 5.41) is 12.3. The van der Waals surface area contributed by atoms with Crippen molar-refractivity contribution in [2.45, 2.75) is 33.4 Å². The topological polar surface area (TPSA) is 29.9 Å². The Morgan fingerprint density at radius 2 is 2.24 bits per heavy atom. The lowest BCUT2D eigenvalue weighted by atomic mass is 10.1. The molecule has 0 spiro atoms. The minimum Gasteiger partial charge on any atom is -0.306 e. The van der Waals surface area contributed by atoms with Crippen molar-refractivity contribution in [1.29, 1.82) is 0 Å². The molecule has 0 fully saturated rings. The molecule has 2 rings (SSSR count). The molecule has 0 aliphatic heterocycles. The summed E-state index contributed by atoms with van der Waals surface area (Å²) in [4.78, 5) is 0. The van der Waals surface area contributed by atoms with Gasteiger partial charge in [0.25, 0.3) is 0 Å². The molecular weight excluding hydrogens is 230 g/mol. The van der Waals surface area contributed by atoms with E-state index in [1.165, 1.54) is 16.8 Å². The molecule has 2 aromatic rings. The molecule has 2 heterocycles. The van der Waals surface area contributed by atoms with Crippen molar-refractivity contribution < 1.29 is 0 Å². The van der Waals surface area contributed by atoms with Gasteiger partial charge in [-0.15, -0.1) is 0 Å². The van der Waals surface area contributed by atoms with Gasteiger partial charge in [0.15, 0.2) is 0 Å². The zero-order valence-electron chi connectivity index (χ0n) is 10.8.